The first-order chi connectivity index (χ1) is 16.5. The van der Waals surface area contributed by atoms with Gasteiger partial charge in [0.2, 0.25) is 10.0 Å². The van der Waals surface area contributed by atoms with Crippen molar-refractivity contribution in [3.05, 3.63) is 64.7 Å². The maximum Gasteiger partial charge on any atom is 0.416 e. The third-order valence-electron chi connectivity index (χ3n) is 4.77. The molecule has 0 atom stereocenters. The molecule has 0 aliphatic carbocycles. The van der Waals surface area contributed by atoms with Gasteiger partial charge in [-0.15, -0.1) is 0 Å². The van der Waals surface area contributed by atoms with Crippen LogP contribution in [-0.2, 0) is 35.3 Å². The van der Waals surface area contributed by atoms with Gasteiger partial charge in [-0.05, 0) is 42.0 Å². The Morgan fingerprint density at radius 1 is 1.14 bits per heavy atom. The van der Waals surface area contributed by atoms with E-state index in [-0.39, 0.29) is 47.5 Å². The largest absolute Gasteiger partial charge is 0.452 e. The van der Waals surface area contributed by atoms with Crippen molar-refractivity contribution in [3.8, 4) is 0 Å². The highest BCUT2D eigenvalue weighted by Gasteiger charge is 2.30. The van der Waals surface area contributed by atoms with Crippen LogP contribution < -0.4 is 5.32 Å². The number of nitrogens with zero attached hydrogens (tertiary/aromatic N) is 1. The summed E-state index contributed by atoms with van der Waals surface area (Å²) in [6, 6.07) is 8.21. The lowest BCUT2D eigenvalue weighted by atomic mass is 10.1. The number of sulfonamides is 1. The van der Waals surface area contributed by atoms with Crippen LogP contribution in [0.3, 0.4) is 0 Å². The van der Waals surface area contributed by atoms with Crippen LogP contribution in [0, 0.1) is 0 Å². The van der Waals surface area contributed by atoms with Crippen molar-refractivity contribution in [2.75, 3.05) is 38.2 Å². The van der Waals surface area contributed by atoms with Gasteiger partial charge in [-0.25, -0.2) is 13.2 Å². The number of ether oxygens (including phenoxy) is 2. The molecule has 1 aliphatic rings. The molecule has 1 saturated heterocycles. The highest BCUT2D eigenvalue weighted by Crippen LogP contribution is 2.30. The summed E-state index contributed by atoms with van der Waals surface area (Å²) in [5, 5.41) is 2.38. The zero-order chi connectivity index (χ0) is 25.6. The molecular formula is C22H20ClF3N2O6S. The van der Waals surface area contributed by atoms with Crippen LogP contribution in [0.25, 0.3) is 6.08 Å². The van der Waals surface area contributed by atoms with Crippen molar-refractivity contribution in [1.29, 1.82) is 0 Å². The van der Waals surface area contributed by atoms with Gasteiger partial charge in [-0.2, -0.15) is 17.5 Å². The van der Waals surface area contributed by atoms with E-state index in [0.29, 0.717) is 0 Å². The number of rotatable bonds is 7. The summed E-state index contributed by atoms with van der Waals surface area (Å²) in [4.78, 5) is 23.8. The van der Waals surface area contributed by atoms with Gasteiger partial charge in [0, 0.05) is 24.9 Å². The van der Waals surface area contributed by atoms with Crippen molar-refractivity contribution in [2.45, 2.75) is 11.1 Å². The first-order valence-electron chi connectivity index (χ1n) is 10.2. The number of halogens is 4. The van der Waals surface area contributed by atoms with Crippen molar-refractivity contribution >= 4 is 45.3 Å². The number of hydrogen-bond acceptors (Lipinski definition) is 6. The molecule has 1 amide bonds. The Hall–Kier alpha value is -2.93. The lowest BCUT2D eigenvalue weighted by molar-refractivity contribution is -0.142. The molecule has 0 aromatic heterocycles. The van der Waals surface area contributed by atoms with Gasteiger partial charge in [0.15, 0.2) is 6.61 Å². The molecule has 13 heteroatoms. The van der Waals surface area contributed by atoms with E-state index in [9.17, 15) is 31.2 Å². The van der Waals surface area contributed by atoms with Crippen LogP contribution in [0.1, 0.15) is 11.1 Å². The Bertz CT molecular complexity index is 1230. The van der Waals surface area contributed by atoms with Gasteiger partial charge < -0.3 is 14.8 Å². The third-order valence-corrected chi connectivity index (χ3v) is 7.15. The number of morpholine rings is 1. The van der Waals surface area contributed by atoms with E-state index < -0.39 is 40.2 Å². The first-order valence-corrected chi connectivity index (χ1v) is 12.0. The minimum Gasteiger partial charge on any atom is -0.452 e. The number of nitrogens with one attached hydrogen (secondary N) is 1. The SMILES string of the molecule is O=C(COC(=O)C=Cc1cccc(C(F)(F)F)c1)Nc1ccc(Cl)c(S(=O)(=O)N2CCOCC2)c1. The van der Waals surface area contributed by atoms with E-state index in [2.05, 4.69) is 5.32 Å². The Kier molecular flexibility index (Phi) is 8.54. The molecule has 1 aliphatic heterocycles. The zero-order valence-corrected chi connectivity index (χ0v) is 19.6. The summed E-state index contributed by atoms with van der Waals surface area (Å²) < 4.78 is 75.1. The van der Waals surface area contributed by atoms with Crippen LogP contribution in [0.15, 0.2) is 53.4 Å². The van der Waals surface area contributed by atoms with Crippen LogP contribution in [0.2, 0.25) is 5.02 Å². The van der Waals surface area contributed by atoms with Crippen LogP contribution in [0.5, 0.6) is 0 Å². The van der Waals surface area contributed by atoms with E-state index in [1.54, 1.807) is 0 Å². The summed E-state index contributed by atoms with van der Waals surface area (Å²) >= 11 is 6.07. The number of carbonyl (C=O) groups excluding carboxylic acids is 2. The fraction of sp³-hybridized carbons (Fsp3) is 0.273. The molecule has 1 N–H and O–H groups in total. The summed E-state index contributed by atoms with van der Waals surface area (Å²) in [7, 11) is -3.92. The molecular weight excluding hydrogens is 513 g/mol. The molecule has 0 radical (unpaired) electrons. The molecule has 0 unspecified atom stereocenters. The highest BCUT2D eigenvalue weighted by atomic mass is 35.5. The average molecular weight is 533 g/mol. The van der Waals surface area contributed by atoms with Gasteiger partial charge in [0.25, 0.3) is 5.91 Å². The van der Waals surface area contributed by atoms with Crippen LogP contribution >= 0.6 is 11.6 Å². The van der Waals surface area contributed by atoms with E-state index in [0.717, 1.165) is 24.3 Å². The van der Waals surface area contributed by atoms with Crippen molar-refractivity contribution in [3.63, 3.8) is 0 Å². The summed E-state index contributed by atoms with van der Waals surface area (Å²) in [6.07, 6.45) is -2.51. The van der Waals surface area contributed by atoms with E-state index in [4.69, 9.17) is 21.1 Å². The Morgan fingerprint density at radius 3 is 2.54 bits per heavy atom. The molecule has 8 nitrogen and oxygen atoms in total. The topological polar surface area (TPSA) is 102 Å². The van der Waals surface area contributed by atoms with Gasteiger partial charge in [-0.3, -0.25) is 4.79 Å². The fourth-order valence-corrected chi connectivity index (χ4v) is 4.98. The predicted octanol–water partition coefficient (Wildman–Crippen LogP) is 3.57. The number of benzene rings is 2. The molecule has 0 saturated carbocycles. The monoisotopic (exact) mass is 532 g/mol. The van der Waals surface area contributed by atoms with E-state index in [1.165, 1.54) is 34.6 Å². The molecule has 3 rings (SSSR count). The second-order valence-electron chi connectivity index (χ2n) is 7.27. The number of carbonyl (C=O) groups is 2. The molecule has 0 spiro atoms. The van der Waals surface area contributed by atoms with E-state index in [1.807, 2.05) is 0 Å². The molecule has 35 heavy (non-hydrogen) atoms. The fourth-order valence-electron chi connectivity index (χ4n) is 3.07. The van der Waals surface area contributed by atoms with Gasteiger partial charge in [0.05, 0.1) is 23.8 Å². The molecule has 188 valence electrons. The smallest absolute Gasteiger partial charge is 0.416 e. The standard InChI is InChI=1S/C22H20ClF3N2O6S/c23-18-6-5-17(13-19(18)35(31,32)28-8-10-33-11-9-28)27-20(29)14-34-21(30)7-4-15-2-1-3-16(12-15)22(24,25)26/h1-7,12-13H,8-11,14H2,(H,27,29). The summed E-state index contributed by atoms with van der Waals surface area (Å²) in [6.45, 7) is 0.125. The minimum absolute atomic E-state index is 0.0272. The Balaban J connectivity index is 1.58. The Labute approximate surface area is 204 Å². The summed E-state index contributed by atoms with van der Waals surface area (Å²) in [5.74, 6) is -1.72. The second-order valence-corrected chi connectivity index (χ2v) is 9.59. The highest BCUT2D eigenvalue weighted by molar-refractivity contribution is 7.89. The number of amides is 1. The maximum absolute atomic E-state index is 12.9. The van der Waals surface area contributed by atoms with Gasteiger partial charge >= 0.3 is 12.1 Å². The lowest BCUT2D eigenvalue weighted by Gasteiger charge is -2.26. The number of alkyl halides is 3. The zero-order valence-electron chi connectivity index (χ0n) is 18.0. The maximum atomic E-state index is 12.9. The van der Waals surface area contributed by atoms with Crippen molar-refractivity contribution in [2.24, 2.45) is 0 Å². The Morgan fingerprint density at radius 2 is 1.86 bits per heavy atom. The quantitative estimate of drug-likeness (QED) is 0.432. The molecule has 1 heterocycles. The van der Waals surface area contributed by atoms with E-state index >= 15 is 0 Å². The van der Waals surface area contributed by atoms with Crippen LogP contribution in [-0.4, -0.2) is 57.5 Å². The van der Waals surface area contributed by atoms with Gasteiger partial charge in [-0.1, -0.05) is 23.7 Å². The lowest BCUT2D eigenvalue weighted by Crippen LogP contribution is -2.40. The molecule has 2 aromatic rings. The van der Waals surface area contributed by atoms with Crippen LogP contribution in [0.4, 0.5) is 18.9 Å². The van der Waals surface area contributed by atoms with Gasteiger partial charge in [0.1, 0.15) is 4.90 Å². The second kappa shape index (κ2) is 11.2. The minimum atomic E-state index is -4.52. The third kappa shape index (κ3) is 7.28. The first kappa shape index (κ1) is 26.7. The number of esters is 1. The number of hydrogen-bond donors (Lipinski definition) is 1. The number of anilines is 1. The molecule has 1 fully saturated rings. The molecule has 0 bridgehead atoms. The predicted molar refractivity (Wildman–Crippen MR) is 121 cm³/mol. The average Bonchev–Trinajstić information content (AvgIpc) is 2.82. The summed E-state index contributed by atoms with van der Waals surface area (Å²) in [5.41, 5.74) is -0.636. The van der Waals surface area contributed by atoms with Crippen molar-refractivity contribution in [1.82, 2.24) is 4.31 Å². The normalized spacial score (nSPS) is 15.2. The molecule has 2 aromatic carbocycles. The van der Waals surface area contributed by atoms with Crippen molar-refractivity contribution < 1.29 is 40.7 Å².